The number of aliphatic hydroxyl groups excluding tert-OH is 1. The highest BCUT2D eigenvalue weighted by molar-refractivity contribution is 6.03. The number of hydrogen-bond acceptors (Lipinski definition) is 5. The minimum atomic E-state index is -1.05. The van der Waals surface area contributed by atoms with E-state index in [9.17, 15) is 19.5 Å². The molecule has 3 aliphatic rings. The fraction of sp³-hybridized carbons (Fsp3) is 0.618. The molecular weight excluding hydrogens is 530 g/mol. The minimum Gasteiger partial charge on any atom is -0.396 e. The lowest BCUT2D eigenvalue weighted by Crippen LogP contribution is -2.56. The molecule has 1 N–H and O–H groups in total. The van der Waals surface area contributed by atoms with Crippen LogP contribution in [0.1, 0.15) is 71.6 Å². The van der Waals surface area contributed by atoms with E-state index in [4.69, 9.17) is 4.74 Å². The largest absolute Gasteiger partial charge is 0.396 e. The smallest absolute Gasteiger partial charge is 0.248 e. The molecule has 0 aromatic heterocycles. The number of carbonyl (C=O) groups is 3. The third kappa shape index (κ3) is 5.93. The topological polar surface area (TPSA) is 90.4 Å². The van der Waals surface area contributed by atoms with Gasteiger partial charge in [0.1, 0.15) is 11.6 Å². The number of benzene rings is 1. The van der Waals surface area contributed by atoms with Gasteiger partial charge in [0.25, 0.3) is 0 Å². The molecule has 0 radical (unpaired) electrons. The molecule has 5 atom stereocenters. The van der Waals surface area contributed by atoms with Gasteiger partial charge in [-0.25, -0.2) is 0 Å². The first kappa shape index (κ1) is 32.0. The fourth-order valence-electron chi connectivity index (χ4n) is 7.47. The van der Waals surface area contributed by atoms with Gasteiger partial charge in [-0.2, -0.15) is 0 Å². The van der Waals surface area contributed by atoms with Crippen LogP contribution >= 0.6 is 0 Å². The first-order chi connectivity index (χ1) is 20.3. The van der Waals surface area contributed by atoms with Crippen molar-refractivity contribution in [1.29, 1.82) is 0 Å². The van der Waals surface area contributed by atoms with Gasteiger partial charge in [-0.15, -0.1) is 13.2 Å². The molecule has 8 heteroatoms. The summed E-state index contributed by atoms with van der Waals surface area (Å²) in [6.45, 7) is 13.7. The second-order valence-corrected chi connectivity index (χ2v) is 12.3. The van der Waals surface area contributed by atoms with Crippen molar-refractivity contribution in [3.8, 4) is 0 Å². The van der Waals surface area contributed by atoms with Crippen molar-refractivity contribution < 1.29 is 24.2 Å². The number of amides is 3. The second kappa shape index (κ2) is 14.0. The molecule has 8 nitrogen and oxygen atoms in total. The van der Waals surface area contributed by atoms with E-state index in [1.54, 1.807) is 22.0 Å². The molecule has 3 heterocycles. The fourth-order valence-corrected chi connectivity index (χ4v) is 7.47. The van der Waals surface area contributed by atoms with Gasteiger partial charge in [-0.3, -0.25) is 14.4 Å². The highest BCUT2D eigenvalue weighted by atomic mass is 16.5. The lowest BCUT2D eigenvalue weighted by atomic mass is 9.66. The molecule has 2 bridgehead atoms. The molecule has 3 fully saturated rings. The zero-order chi connectivity index (χ0) is 30.3. The number of hydrogen-bond donors (Lipinski definition) is 1. The molecule has 230 valence electrons. The summed E-state index contributed by atoms with van der Waals surface area (Å²) in [4.78, 5) is 48.6. The first-order valence-electron chi connectivity index (χ1n) is 15.8. The van der Waals surface area contributed by atoms with Gasteiger partial charge in [0.2, 0.25) is 17.7 Å². The number of carbonyl (C=O) groups excluding carboxylic acids is 3. The van der Waals surface area contributed by atoms with Crippen molar-refractivity contribution in [3.05, 3.63) is 55.6 Å². The van der Waals surface area contributed by atoms with Crippen LogP contribution in [0, 0.1) is 11.8 Å². The molecule has 3 aliphatic heterocycles. The lowest BCUT2D eigenvalue weighted by Gasteiger charge is -2.37. The molecule has 2 unspecified atom stereocenters. The molecule has 0 aliphatic carbocycles. The summed E-state index contributed by atoms with van der Waals surface area (Å²) >= 11 is 0. The number of nitrogens with zero attached hydrogens (tertiary/aromatic N) is 3. The maximum Gasteiger partial charge on any atom is 0.248 e. The van der Waals surface area contributed by atoms with Gasteiger partial charge in [0.15, 0.2) is 0 Å². The van der Waals surface area contributed by atoms with Crippen molar-refractivity contribution in [2.45, 2.75) is 88.9 Å². The summed E-state index contributed by atoms with van der Waals surface area (Å²) in [5.41, 5.74) is -1.15. The van der Waals surface area contributed by atoms with Crippen LogP contribution < -0.4 is 4.90 Å². The highest BCUT2D eigenvalue weighted by Crippen LogP contribution is 2.63. The number of likely N-dealkylation sites (tertiary alicyclic amines) is 1. The van der Waals surface area contributed by atoms with Crippen LogP contribution in [-0.4, -0.2) is 82.7 Å². The Balaban J connectivity index is 1.71. The number of ether oxygens (including phenoxy) is 1. The van der Waals surface area contributed by atoms with Crippen molar-refractivity contribution in [2.75, 3.05) is 37.7 Å². The van der Waals surface area contributed by atoms with Crippen molar-refractivity contribution in [3.63, 3.8) is 0 Å². The van der Waals surface area contributed by atoms with Crippen molar-refractivity contribution >= 4 is 23.4 Å². The van der Waals surface area contributed by atoms with E-state index in [0.29, 0.717) is 45.4 Å². The van der Waals surface area contributed by atoms with Gasteiger partial charge in [0.05, 0.1) is 17.4 Å². The molecule has 1 aromatic carbocycles. The molecular formula is C34H49N3O5. The van der Waals surface area contributed by atoms with Gasteiger partial charge in [-0.1, -0.05) is 63.0 Å². The predicted octanol–water partition coefficient (Wildman–Crippen LogP) is 4.73. The quantitative estimate of drug-likeness (QED) is 0.213. The van der Waals surface area contributed by atoms with E-state index >= 15 is 0 Å². The normalized spacial score (nSPS) is 27.6. The third-order valence-corrected chi connectivity index (χ3v) is 9.42. The second-order valence-electron chi connectivity index (χ2n) is 12.3. The van der Waals surface area contributed by atoms with Crippen LogP contribution in [0.3, 0.4) is 0 Å². The van der Waals surface area contributed by atoms with Crippen LogP contribution in [0.4, 0.5) is 5.69 Å². The molecule has 1 spiro atoms. The summed E-state index contributed by atoms with van der Waals surface area (Å²) in [7, 11) is 0. The summed E-state index contributed by atoms with van der Waals surface area (Å²) in [6.07, 6.45) is 10.7. The number of rotatable bonds is 17. The van der Waals surface area contributed by atoms with Gasteiger partial charge < -0.3 is 24.5 Å². The predicted molar refractivity (Wildman–Crippen MR) is 165 cm³/mol. The maximum atomic E-state index is 14.4. The molecule has 1 aromatic rings. The van der Waals surface area contributed by atoms with Crippen LogP contribution in [0.25, 0.3) is 0 Å². The number of anilines is 1. The Labute approximate surface area is 251 Å². The average Bonchev–Trinajstić information content (AvgIpc) is 3.55. The van der Waals surface area contributed by atoms with Crippen LogP contribution in [0.2, 0.25) is 0 Å². The summed E-state index contributed by atoms with van der Waals surface area (Å²) in [5.74, 6) is -1.86. The van der Waals surface area contributed by atoms with E-state index in [2.05, 4.69) is 20.1 Å². The van der Waals surface area contributed by atoms with Gasteiger partial charge in [-0.05, 0) is 51.2 Å². The minimum absolute atomic E-state index is 0.111. The Bertz CT molecular complexity index is 1130. The van der Waals surface area contributed by atoms with Crippen molar-refractivity contribution in [1.82, 2.24) is 9.80 Å². The lowest BCUT2D eigenvalue weighted by molar-refractivity contribution is -0.151. The Morgan fingerprint density at radius 3 is 2.40 bits per heavy atom. The molecule has 3 amide bonds. The molecule has 3 saturated heterocycles. The van der Waals surface area contributed by atoms with E-state index < -0.39 is 29.1 Å². The first-order valence-corrected chi connectivity index (χ1v) is 15.8. The number of unbranched alkanes of at least 4 members (excludes halogenated alkanes) is 5. The Hall–Kier alpha value is -2.97. The van der Waals surface area contributed by atoms with Crippen molar-refractivity contribution in [2.24, 2.45) is 11.8 Å². The number of para-hydroxylation sites is 1. The van der Waals surface area contributed by atoms with E-state index in [0.717, 1.165) is 44.2 Å². The Kier molecular flexibility index (Phi) is 10.7. The third-order valence-electron chi connectivity index (χ3n) is 9.42. The number of fused-ring (bicyclic) bond motifs is 1. The van der Waals surface area contributed by atoms with Gasteiger partial charge in [0, 0.05) is 38.5 Å². The Morgan fingerprint density at radius 1 is 1.02 bits per heavy atom. The SMILES string of the molecule is C=CCN(CCCCC)C(=O)C1N(CCCCCCO)C(=O)[C@@H]2[C@H](C(=O)N(CC=C)c3ccccc3)[C@]3(C)CCC12O3. The van der Waals surface area contributed by atoms with E-state index in [1.807, 2.05) is 42.2 Å². The van der Waals surface area contributed by atoms with E-state index in [-0.39, 0.29) is 24.3 Å². The average molecular weight is 580 g/mol. The Morgan fingerprint density at radius 2 is 1.74 bits per heavy atom. The molecule has 4 rings (SSSR count). The van der Waals surface area contributed by atoms with Crippen LogP contribution in [-0.2, 0) is 19.1 Å². The summed E-state index contributed by atoms with van der Waals surface area (Å²) < 4.78 is 6.86. The highest BCUT2D eigenvalue weighted by Gasteiger charge is 2.78. The zero-order valence-corrected chi connectivity index (χ0v) is 25.5. The summed E-state index contributed by atoms with van der Waals surface area (Å²) in [6, 6.07) is 8.68. The monoisotopic (exact) mass is 579 g/mol. The number of aliphatic hydroxyl groups is 1. The standard InChI is InChI=1S/C34H49N3O5/c1-5-8-14-23-35(21-6-2)32(41)29-34-20-19-33(4,42-34)27(28(34)31(40)37(29)24-15-9-10-16-25-38)30(39)36(22-7-3)26-17-12-11-13-18-26/h6-7,11-13,17-18,27-29,38H,2-3,5,8-10,14-16,19-25H2,1,4H3/t27-,28+,29?,33+,34?/m1/s1. The molecule has 0 saturated carbocycles. The van der Waals surface area contributed by atoms with Gasteiger partial charge >= 0.3 is 0 Å². The molecule has 42 heavy (non-hydrogen) atoms. The van der Waals surface area contributed by atoms with Crippen LogP contribution in [0.5, 0.6) is 0 Å². The zero-order valence-electron chi connectivity index (χ0n) is 25.5. The van der Waals surface area contributed by atoms with E-state index in [1.165, 1.54) is 0 Å². The summed E-state index contributed by atoms with van der Waals surface area (Å²) in [5, 5.41) is 9.20. The van der Waals surface area contributed by atoms with Crippen LogP contribution in [0.15, 0.2) is 55.6 Å². The maximum absolute atomic E-state index is 14.4.